The summed E-state index contributed by atoms with van der Waals surface area (Å²) in [4.78, 5) is 26.3. The molecule has 0 atom stereocenters. The van der Waals surface area contributed by atoms with Gasteiger partial charge >= 0.3 is 0 Å². The Kier molecular flexibility index (Phi) is 5.02. The van der Waals surface area contributed by atoms with E-state index in [2.05, 4.69) is 21.2 Å². The summed E-state index contributed by atoms with van der Waals surface area (Å²) in [6, 6.07) is 11.4. The van der Waals surface area contributed by atoms with Gasteiger partial charge in [-0.25, -0.2) is 0 Å². The second kappa shape index (κ2) is 7.44. The number of hydrogen-bond donors (Lipinski definition) is 2. The lowest BCUT2D eigenvalue weighted by Gasteiger charge is -2.09. The van der Waals surface area contributed by atoms with Gasteiger partial charge in [0.25, 0.3) is 11.8 Å². The van der Waals surface area contributed by atoms with Gasteiger partial charge in [0, 0.05) is 14.9 Å². The molecule has 3 aromatic rings. The third-order valence-electron chi connectivity index (χ3n) is 5.01. The van der Waals surface area contributed by atoms with Crippen LogP contribution in [0.15, 0.2) is 40.9 Å². The van der Waals surface area contributed by atoms with Gasteiger partial charge in [0.05, 0.1) is 5.56 Å². The van der Waals surface area contributed by atoms with Crippen LogP contribution in [0.3, 0.4) is 0 Å². The minimum absolute atomic E-state index is 0.224. The summed E-state index contributed by atoms with van der Waals surface area (Å²) in [5.74, 6) is -0.692. The molecule has 138 valence electrons. The first-order chi connectivity index (χ1) is 13.1. The van der Waals surface area contributed by atoms with E-state index in [1.807, 2.05) is 30.3 Å². The van der Waals surface area contributed by atoms with Crippen molar-refractivity contribution in [3.8, 4) is 0 Å². The molecule has 0 fully saturated rings. The molecule has 0 unspecified atom stereocenters. The quantitative estimate of drug-likeness (QED) is 0.541. The first-order valence-electron chi connectivity index (χ1n) is 8.99. The number of hydrogen-bond acceptors (Lipinski definition) is 3. The molecule has 0 saturated carbocycles. The number of nitrogens with one attached hydrogen (secondary N) is 1. The summed E-state index contributed by atoms with van der Waals surface area (Å²) < 4.78 is 0.940. The van der Waals surface area contributed by atoms with Crippen LogP contribution in [0.5, 0.6) is 0 Å². The van der Waals surface area contributed by atoms with Crippen molar-refractivity contribution in [1.82, 2.24) is 0 Å². The number of halogens is 1. The number of anilines is 1. The topological polar surface area (TPSA) is 72.2 Å². The van der Waals surface area contributed by atoms with Gasteiger partial charge in [0.15, 0.2) is 0 Å². The van der Waals surface area contributed by atoms with Crippen molar-refractivity contribution in [2.45, 2.75) is 32.1 Å². The van der Waals surface area contributed by atoms with Crippen molar-refractivity contribution in [2.24, 2.45) is 5.73 Å². The van der Waals surface area contributed by atoms with E-state index in [1.165, 1.54) is 16.2 Å². The molecule has 1 aromatic heterocycles. The molecule has 0 aliphatic heterocycles. The second-order valence-electron chi connectivity index (χ2n) is 6.73. The predicted molar refractivity (Wildman–Crippen MR) is 114 cm³/mol. The van der Waals surface area contributed by atoms with Gasteiger partial charge in [0.2, 0.25) is 0 Å². The SMILES string of the molecule is NC(=O)c1c(NC(=O)c2cccc3c(Br)cccc23)sc2c1CCCCC2. The fraction of sp³-hybridized carbons (Fsp3) is 0.238. The molecule has 4 rings (SSSR count). The molecule has 4 nitrogen and oxygen atoms in total. The number of thiophene rings is 1. The number of rotatable bonds is 3. The third-order valence-corrected chi connectivity index (χ3v) is 6.91. The van der Waals surface area contributed by atoms with E-state index in [9.17, 15) is 9.59 Å². The van der Waals surface area contributed by atoms with Crippen LogP contribution in [0.2, 0.25) is 0 Å². The molecule has 0 radical (unpaired) electrons. The average molecular weight is 443 g/mol. The van der Waals surface area contributed by atoms with Gasteiger partial charge in [-0.05, 0) is 54.2 Å². The maximum atomic E-state index is 13.0. The Morgan fingerprint density at radius 2 is 1.74 bits per heavy atom. The summed E-state index contributed by atoms with van der Waals surface area (Å²) in [7, 11) is 0. The minimum Gasteiger partial charge on any atom is -0.365 e. The molecule has 0 bridgehead atoms. The van der Waals surface area contributed by atoms with E-state index in [4.69, 9.17) is 5.73 Å². The number of primary amides is 1. The number of amides is 2. The highest BCUT2D eigenvalue weighted by atomic mass is 79.9. The van der Waals surface area contributed by atoms with Crippen LogP contribution < -0.4 is 11.1 Å². The normalized spacial score (nSPS) is 13.8. The van der Waals surface area contributed by atoms with Crippen LogP contribution in [0.25, 0.3) is 10.8 Å². The fourth-order valence-corrected chi connectivity index (χ4v) is 5.52. The lowest BCUT2D eigenvalue weighted by Crippen LogP contribution is -2.18. The molecular weight excluding hydrogens is 424 g/mol. The van der Waals surface area contributed by atoms with Gasteiger partial charge in [-0.15, -0.1) is 11.3 Å². The number of fused-ring (bicyclic) bond motifs is 2. The van der Waals surface area contributed by atoms with Crippen molar-refractivity contribution < 1.29 is 9.59 Å². The maximum Gasteiger partial charge on any atom is 0.256 e. The van der Waals surface area contributed by atoms with Crippen LogP contribution >= 0.6 is 27.3 Å². The summed E-state index contributed by atoms with van der Waals surface area (Å²) in [5, 5.41) is 5.37. The highest BCUT2D eigenvalue weighted by Crippen LogP contribution is 2.38. The van der Waals surface area contributed by atoms with E-state index < -0.39 is 5.91 Å². The fourth-order valence-electron chi connectivity index (χ4n) is 3.73. The standard InChI is InChI=1S/C21H19BrN2O2S/c22-16-10-5-7-12-13(16)8-4-9-14(12)20(26)24-21-18(19(23)25)15-6-2-1-3-11-17(15)27-21/h4-5,7-10H,1-3,6,11H2,(H2,23,25)(H,24,26). The highest BCUT2D eigenvalue weighted by Gasteiger charge is 2.24. The first kappa shape index (κ1) is 18.2. The Morgan fingerprint density at radius 1 is 1.00 bits per heavy atom. The van der Waals surface area contributed by atoms with E-state index >= 15 is 0 Å². The van der Waals surface area contributed by atoms with Gasteiger partial charge in [-0.3, -0.25) is 9.59 Å². The van der Waals surface area contributed by atoms with E-state index in [0.717, 1.165) is 52.9 Å². The van der Waals surface area contributed by atoms with Crippen molar-refractivity contribution in [3.05, 3.63) is 62.4 Å². The van der Waals surface area contributed by atoms with Gasteiger partial charge in [-0.1, -0.05) is 46.6 Å². The zero-order chi connectivity index (χ0) is 19.0. The molecule has 6 heteroatoms. The van der Waals surface area contributed by atoms with Crippen LogP contribution in [0.1, 0.15) is 50.4 Å². The Bertz CT molecular complexity index is 1060. The smallest absolute Gasteiger partial charge is 0.256 e. The van der Waals surface area contributed by atoms with Crippen LogP contribution in [-0.2, 0) is 12.8 Å². The van der Waals surface area contributed by atoms with Crippen molar-refractivity contribution in [1.29, 1.82) is 0 Å². The number of benzene rings is 2. The summed E-state index contributed by atoms with van der Waals surface area (Å²) >= 11 is 5.03. The van der Waals surface area contributed by atoms with Crippen molar-refractivity contribution >= 4 is 54.9 Å². The largest absolute Gasteiger partial charge is 0.365 e. The second-order valence-corrected chi connectivity index (χ2v) is 8.69. The summed E-state index contributed by atoms with van der Waals surface area (Å²) in [6.07, 6.45) is 5.11. The molecule has 2 aromatic carbocycles. The Balaban J connectivity index is 1.74. The van der Waals surface area contributed by atoms with Crippen molar-refractivity contribution in [2.75, 3.05) is 5.32 Å². The lowest BCUT2D eigenvalue weighted by molar-refractivity contribution is 0.100. The van der Waals surface area contributed by atoms with Gasteiger partial charge in [0.1, 0.15) is 5.00 Å². The molecule has 3 N–H and O–H groups in total. The number of carbonyl (C=O) groups is 2. The zero-order valence-corrected chi connectivity index (χ0v) is 17.1. The molecule has 0 spiro atoms. The third kappa shape index (κ3) is 3.39. The highest BCUT2D eigenvalue weighted by molar-refractivity contribution is 9.10. The number of nitrogens with two attached hydrogens (primary N) is 1. The maximum absolute atomic E-state index is 13.0. The minimum atomic E-state index is -0.467. The van der Waals surface area contributed by atoms with Crippen molar-refractivity contribution in [3.63, 3.8) is 0 Å². The molecule has 27 heavy (non-hydrogen) atoms. The molecular formula is C21H19BrN2O2S. The molecule has 1 aliphatic rings. The Hall–Kier alpha value is -2.18. The van der Waals surface area contributed by atoms with Crippen LogP contribution in [0.4, 0.5) is 5.00 Å². The number of carbonyl (C=O) groups excluding carboxylic acids is 2. The molecule has 2 amide bonds. The number of aryl methyl sites for hydroxylation is 1. The summed E-state index contributed by atoms with van der Waals surface area (Å²) in [5.41, 5.74) is 7.77. The monoisotopic (exact) mass is 442 g/mol. The van der Waals surface area contributed by atoms with E-state index in [-0.39, 0.29) is 5.91 Å². The zero-order valence-electron chi connectivity index (χ0n) is 14.7. The average Bonchev–Trinajstić information content (AvgIpc) is 2.82. The molecule has 1 heterocycles. The van der Waals surface area contributed by atoms with Crippen LogP contribution in [0, 0.1) is 0 Å². The van der Waals surface area contributed by atoms with E-state index in [1.54, 1.807) is 6.07 Å². The van der Waals surface area contributed by atoms with E-state index in [0.29, 0.717) is 16.1 Å². The first-order valence-corrected chi connectivity index (χ1v) is 10.6. The molecule has 1 aliphatic carbocycles. The Morgan fingerprint density at radius 3 is 2.56 bits per heavy atom. The lowest BCUT2D eigenvalue weighted by atomic mass is 10.0. The Labute approximate surface area is 169 Å². The van der Waals surface area contributed by atoms with Gasteiger partial charge in [-0.2, -0.15) is 0 Å². The van der Waals surface area contributed by atoms with Gasteiger partial charge < -0.3 is 11.1 Å². The summed E-state index contributed by atoms with van der Waals surface area (Å²) in [6.45, 7) is 0. The predicted octanol–water partition coefficient (Wildman–Crippen LogP) is 5.28. The van der Waals surface area contributed by atoms with Crippen LogP contribution in [-0.4, -0.2) is 11.8 Å². The molecule has 0 saturated heterocycles.